The van der Waals surface area contributed by atoms with Gasteiger partial charge in [-0.3, -0.25) is 0 Å². The molecule has 2 aromatic carbocycles. The molecular weight excluding hydrogens is 242 g/mol. The highest BCUT2D eigenvalue weighted by molar-refractivity contribution is 5.85. The molecule has 106 valence electrons. The summed E-state index contributed by atoms with van der Waals surface area (Å²) in [6.45, 7) is 2.30. The van der Waals surface area contributed by atoms with E-state index in [0.717, 1.165) is 12.3 Å². The van der Waals surface area contributed by atoms with E-state index in [9.17, 15) is 0 Å². The SMILES string of the molecule is CCC1CCCC(N)(Cc2cccc3ccccc23)C1. The number of hydrogen-bond acceptors (Lipinski definition) is 1. The van der Waals surface area contributed by atoms with Crippen molar-refractivity contribution >= 4 is 10.8 Å². The van der Waals surface area contributed by atoms with E-state index in [-0.39, 0.29) is 5.54 Å². The van der Waals surface area contributed by atoms with Gasteiger partial charge in [-0.15, -0.1) is 0 Å². The summed E-state index contributed by atoms with van der Waals surface area (Å²) in [7, 11) is 0. The van der Waals surface area contributed by atoms with Crippen LogP contribution in [0.25, 0.3) is 10.8 Å². The van der Waals surface area contributed by atoms with Crippen LogP contribution in [-0.2, 0) is 6.42 Å². The summed E-state index contributed by atoms with van der Waals surface area (Å²) in [6, 6.07) is 15.3. The van der Waals surface area contributed by atoms with Gasteiger partial charge in [0, 0.05) is 5.54 Å². The van der Waals surface area contributed by atoms with Crippen molar-refractivity contribution in [2.45, 2.75) is 51.0 Å². The van der Waals surface area contributed by atoms with Gasteiger partial charge in [0.1, 0.15) is 0 Å². The monoisotopic (exact) mass is 267 g/mol. The Labute approximate surface area is 122 Å². The zero-order chi connectivity index (χ0) is 14.0. The van der Waals surface area contributed by atoms with Crippen molar-refractivity contribution in [3.8, 4) is 0 Å². The van der Waals surface area contributed by atoms with E-state index in [1.165, 1.54) is 48.4 Å². The molecule has 3 rings (SSSR count). The lowest BCUT2D eigenvalue weighted by atomic mass is 9.72. The molecule has 0 bridgehead atoms. The molecule has 1 aliphatic rings. The molecule has 2 unspecified atom stereocenters. The lowest BCUT2D eigenvalue weighted by Crippen LogP contribution is -2.46. The van der Waals surface area contributed by atoms with E-state index in [1.54, 1.807) is 0 Å². The summed E-state index contributed by atoms with van der Waals surface area (Å²) in [4.78, 5) is 0. The second-order valence-corrected chi connectivity index (χ2v) is 6.55. The summed E-state index contributed by atoms with van der Waals surface area (Å²) in [5.74, 6) is 0.823. The van der Waals surface area contributed by atoms with Crippen molar-refractivity contribution in [2.75, 3.05) is 0 Å². The normalized spacial score (nSPS) is 26.8. The van der Waals surface area contributed by atoms with Crippen LogP contribution in [0.2, 0.25) is 0 Å². The molecule has 0 aromatic heterocycles. The van der Waals surface area contributed by atoms with E-state index in [4.69, 9.17) is 5.73 Å². The summed E-state index contributed by atoms with van der Waals surface area (Å²) < 4.78 is 0. The average Bonchev–Trinajstić information content (AvgIpc) is 2.47. The van der Waals surface area contributed by atoms with Gasteiger partial charge in [0.15, 0.2) is 0 Å². The van der Waals surface area contributed by atoms with Gasteiger partial charge in [-0.1, -0.05) is 68.7 Å². The van der Waals surface area contributed by atoms with Crippen LogP contribution >= 0.6 is 0 Å². The fourth-order valence-electron chi connectivity index (χ4n) is 3.86. The first kappa shape index (κ1) is 13.6. The van der Waals surface area contributed by atoms with Gasteiger partial charge in [0.25, 0.3) is 0 Å². The maximum Gasteiger partial charge on any atom is 0.0197 e. The van der Waals surface area contributed by atoms with Crippen LogP contribution in [0.5, 0.6) is 0 Å². The van der Waals surface area contributed by atoms with Crippen LogP contribution in [0.15, 0.2) is 42.5 Å². The summed E-state index contributed by atoms with van der Waals surface area (Å²) in [6.07, 6.45) is 7.31. The Hall–Kier alpha value is -1.34. The van der Waals surface area contributed by atoms with Crippen LogP contribution in [0.1, 0.15) is 44.6 Å². The standard InChI is InChI=1S/C19H25N/c1-2-15-7-6-12-19(20,13-15)14-17-10-5-9-16-8-3-4-11-18(16)17/h3-5,8-11,15H,2,6-7,12-14,20H2,1H3. The maximum absolute atomic E-state index is 6.75. The quantitative estimate of drug-likeness (QED) is 0.858. The highest BCUT2D eigenvalue weighted by Gasteiger charge is 2.32. The molecule has 2 atom stereocenters. The first-order chi connectivity index (χ1) is 9.70. The van der Waals surface area contributed by atoms with Crippen molar-refractivity contribution < 1.29 is 0 Å². The van der Waals surface area contributed by atoms with Crippen LogP contribution < -0.4 is 5.73 Å². The Morgan fingerprint density at radius 3 is 2.80 bits per heavy atom. The molecule has 0 amide bonds. The van der Waals surface area contributed by atoms with E-state index in [0.29, 0.717) is 0 Å². The number of rotatable bonds is 3. The summed E-state index contributed by atoms with van der Waals surface area (Å²) in [5, 5.41) is 2.70. The maximum atomic E-state index is 6.75. The van der Waals surface area contributed by atoms with Gasteiger partial charge < -0.3 is 5.73 Å². The van der Waals surface area contributed by atoms with Crippen molar-refractivity contribution in [3.63, 3.8) is 0 Å². The summed E-state index contributed by atoms with van der Waals surface area (Å²) in [5.41, 5.74) is 8.17. The van der Waals surface area contributed by atoms with Gasteiger partial charge in [-0.25, -0.2) is 0 Å². The first-order valence-corrected chi connectivity index (χ1v) is 7.96. The second-order valence-electron chi connectivity index (χ2n) is 6.55. The average molecular weight is 267 g/mol. The third-order valence-electron chi connectivity index (χ3n) is 4.98. The van der Waals surface area contributed by atoms with Crippen molar-refractivity contribution in [3.05, 3.63) is 48.0 Å². The van der Waals surface area contributed by atoms with E-state index in [1.807, 2.05) is 0 Å². The Morgan fingerprint density at radius 2 is 1.95 bits per heavy atom. The third-order valence-corrected chi connectivity index (χ3v) is 4.98. The van der Waals surface area contributed by atoms with E-state index in [2.05, 4.69) is 49.4 Å². The number of benzene rings is 2. The molecule has 2 aromatic rings. The molecule has 0 saturated heterocycles. The van der Waals surface area contributed by atoms with Gasteiger partial charge in [0.05, 0.1) is 0 Å². The molecule has 0 heterocycles. The van der Waals surface area contributed by atoms with Crippen molar-refractivity contribution in [1.82, 2.24) is 0 Å². The highest BCUT2D eigenvalue weighted by atomic mass is 14.7. The molecule has 2 N–H and O–H groups in total. The first-order valence-electron chi connectivity index (χ1n) is 7.96. The Bertz CT molecular complexity index is 584. The molecule has 0 spiro atoms. The van der Waals surface area contributed by atoms with Gasteiger partial charge in [0.2, 0.25) is 0 Å². The molecule has 0 radical (unpaired) electrons. The van der Waals surface area contributed by atoms with Crippen LogP contribution in [0, 0.1) is 5.92 Å². The number of nitrogens with two attached hydrogens (primary N) is 1. The van der Waals surface area contributed by atoms with E-state index >= 15 is 0 Å². The van der Waals surface area contributed by atoms with E-state index < -0.39 is 0 Å². The molecule has 1 nitrogen and oxygen atoms in total. The fourth-order valence-corrected chi connectivity index (χ4v) is 3.86. The summed E-state index contributed by atoms with van der Waals surface area (Å²) >= 11 is 0. The molecule has 1 saturated carbocycles. The lowest BCUT2D eigenvalue weighted by Gasteiger charge is -2.38. The molecule has 1 fully saturated rings. The Balaban J connectivity index is 1.89. The van der Waals surface area contributed by atoms with Gasteiger partial charge >= 0.3 is 0 Å². The highest BCUT2D eigenvalue weighted by Crippen LogP contribution is 2.35. The second kappa shape index (κ2) is 5.57. The predicted octanol–water partition coefficient (Wildman–Crippen LogP) is 4.68. The number of fused-ring (bicyclic) bond motifs is 1. The third kappa shape index (κ3) is 2.73. The predicted molar refractivity (Wildman–Crippen MR) is 86.8 cm³/mol. The Morgan fingerprint density at radius 1 is 1.15 bits per heavy atom. The molecule has 20 heavy (non-hydrogen) atoms. The van der Waals surface area contributed by atoms with Crippen LogP contribution in [0.4, 0.5) is 0 Å². The minimum absolute atomic E-state index is 0.00303. The van der Waals surface area contributed by atoms with Crippen LogP contribution in [-0.4, -0.2) is 5.54 Å². The lowest BCUT2D eigenvalue weighted by molar-refractivity contribution is 0.219. The topological polar surface area (TPSA) is 26.0 Å². The zero-order valence-electron chi connectivity index (χ0n) is 12.4. The smallest absolute Gasteiger partial charge is 0.0197 e. The minimum atomic E-state index is 0.00303. The van der Waals surface area contributed by atoms with Crippen molar-refractivity contribution in [2.24, 2.45) is 11.7 Å². The van der Waals surface area contributed by atoms with Gasteiger partial charge in [-0.2, -0.15) is 0 Å². The molecule has 0 aliphatic heterocycles. The molecular formula is C19H25N. The molecule has 1 aliphatic carbocycles. The zero-order valence-corrected chi connectivity index (χ0v) is 12.4. The molecule has 1 heteroatoms. The van der Waals surface area contributed by atoms with Crippen molar-refractivity contribution in [1.29, 1.82) is 0 Å². The van der Waals surface area contributed by atoms with Crippen LogP contribution in [0.3, 0.4) is 0 Å². The minimum Gasteiger partial charge on any atom is -0.325 e. The van der Waals surface area contributed by atoms with Gasteiger partial charge in [-0.05, 0) is 41.5 Å². The number of hydrogen-bond donors (Lipinski definition) is 1. The fraction of sp³-hybridized carbons (Fsp3) is 0.474. The largest absolute Gasteiger partial charge is 0.325 e. The Kier molecular flexibility index (Phi) is 3.80.